The molecule has 0 saturated carbocycles. The maximum Gasteiger partial charge on any atom is 0.0928 e. The highest BCUT2D eigenvalue weighted by Crippen LogP contribution is 2.32. The van der Waals surface area contributed by atoms with Crippen LogP contribution in [0.4, 0.5) is 0 Å². The van der Waals surface area contributed by atoms with Crippen LogP contribution in [-0.2, 0) is 5.75 Å². The van der Waals surface area contributed by atoms with Crippen molar-refractivity contribution < 1.29 is 5.11 Å². The Morgan fingerprint density at radius 3 is 2.62 bits per heavy atom. The average Bonchev–Trinajstić information content (AvgIpc) is 2.62. The minimum atomic E-state index is -0.514. The first-order chi connectivity index (χ1) is 11.7. The summed E-state index contributed by atoms with van der Waals surface area (Å²) in [6, 6.07) is 16.2. The second kappa shape index (κ2) is 8.88. The number of aliphatic hydroxyl groups is 1. The van der Waals surface area contributed by atoms with Crippen molar-refractivity contribution in [3.8, 4) is 0 Å². The number of hydrogen-bond acceptors (Lipinski definition) is 4. The van der Waals surface area contributed by atoms with Crippen molar-refractivity contribution in [2.75, 3.05) is 32.7 Å². The van der Waals surface area contributed by atoms with Gasteiger partial charge in [-0.1, -0.05) is 41.9 Å². The average molecular weight is 363 g/mol. The number of thioether (sulfide) groups is 1. The van der Waals surface area contributed by atoms with Crippen molar-refractivity contribution in [1.82, 2.24) is 10.2 Å². The number of piperazine rings is 1. The van der Waals surface area contributed by atoms with Crippen LogP contribution in [0.5, 0.6) is 0 Å². The summed E-state index contributed by atoms with van der Waals surface area (Å²) in [5.74, 6) is 0.885. The molecule has 5 heteroatoms. The highest BCUT2D eigenvalue weighted by atomic mass is 35.5. The fraction of sp³-hybridized carbons (Fsp3) is 0.368. The van der Waals surface area contributed by atoms with Gasteiger partial charge < -0.3 is 10.4 Å². The maximum atomic E-state index is 10.7. The molecule has 0 aliphatic carbocycles. The molecule has 0 bridgehead atoms. The zero-order chi connectivity index (χ0) is 16.8. The third-order valence-corrected chi connectivity index (χ3v) is 5.60. The van der Waals surface area contributed by atoms with Gasteiger partial charge in [0.15, 0.2) is 0 Å². The maximum absolute atomic E-state index is 10.7. The van der Waals surface area contributed by atoms with Crippen molar-refractivity contribution in [3.63, 3.8) is 0 Å². The van der Waals surface area contributed by atoms with E-state index >= 15 is 0 Å². The first kappa shape index (κ1) is 17.8. The highest BCUT2D eigenvalue weighted by molar-refractivity contribution is 7.98. The predicted molar refractivity (Wildman–Crippen MR) is 102 cm³/mol. The second-order valence-corrected chi connectivity index (χ2v) is 7.48. The molecule has 0 amide bonds. The Hall–Kier alpha value is -1.04. The number of nitrogens with zero attached hydrogens (tertiary/aromatic N) is 1. The summed E-state index contributed by atoms with van der Waals surface area (Å²) in [5.41, 5.74) is 2.21. The minimum Gasteiger partial charge on any atom is -0.387 e. The molecule has 0 spiro atoms. The Bertz CT molecular complexity index is 647. The lowest BCUT2D eigenvalue weighted by atomic mass is 10.1. The second-order valence-electron chi connectivity index (χ2n) is 6.02. The molecule has 128 valence electrons. The molecule has 1 unspecified atom stereocenters. The molecule has 0 radical (unpaired) electrons. The summed E-state index contributed by atoms with van der Waals surface area (Å²) in [4.78, 5) is 3.40. The summed E-state index contributed by atoms with van der Waals surface area (Å²) < 4.78 is 0. The van der Waals surface area contributed by atoms with E-state index in [1.54, 1.807) is 11.8 Å². The molecular weight excluding hydrogens is 340 g/mol. The monoisotopic (exact) mass is 362 g/mol. The lowest BCUT2D eigenvalue weighted by molar-refractivity contribution is 0.104. The van der Waals surface area contributed by atoms with Gasteiger partial charge in [-0.15, -0.1) is 11.8 Å². The number of rotatable bonds is 6. The Morgan fingerprint density at radius 2 is 1.88 bits per heavy atom. The predicted octanol–water partition coefficient (Wildman–Crippen LogP) is 3.57. The van der Waals surface area contributed by atoms with Gasteiger partial charge >= 0.3 is 0 Å². The number of benzene rings is 2. The van der Waals surface area contributed by atoms with Gasteiger partial charge in [-0.05, 0) is 29.3 Å². The highest BCUT2D eigenvalue weighted by Gasteiger charge is 2.18. The molecule has 2 aromatic rings. The van der Waals surface area contributed by atoms with Crippen LogP contribution in [-0.4, -0.2) is 42.7 Å². The van der Waals surface area contributed by atoms with E-state index in [9.17, 15) is 5.11 Å². The molecule has 0 aromatic heterocycles. The van der Waals surface area contributed by atoms with Gasteiger partial charge in [0.2, 0.25) is 0 Å². The van der Waals surface area contributed by atoms with Gasteiger partial charge in [-0.3, -0.25) is 4.90 Å². The molecule has 3 nitrogen and oxygen atoms in total. The number of aliphatic hydroxyl groups excluding tert-OH is 1. The number of halogens is 1. The number of hydrogen-bond donors (Lipinski definition) is 2. The van der Waals surface area contributed by atoms with Crippen molar-refractivity contribution in [2.24, 2.45) is 0 Å². The van der Waals surface area contributed by atoms with E-state index in [0.717, 1.165) is 42.4 Å². The topological polar surface area (TPSA) is 35.5 Å². The Morgan fingerprint density at radius 1 is 1.12 bits per heavy atom. The van der Waals surface area contributed by atoms with Crippen LogP contribution in [0.15, 0.2) is 53.4 Å². The van der Waals surface area contributed by atoms with E-state index in [-0.39, 0.29) is 0 Å². The molecule has 1 aliphatic rings. The van der Waals surface area contributed by atoms with E-state index in [4.69, 9.17) is 11.6 Å². The van der Waals surface area contributed by atoms with Crippen LogP contribution < -0.4 is 5.32 Å². The third kappa shape index (κ3) is 4.98. The van der Waals surface area contributed by atoms with Gasteiger partial charge in [0.25, 0.3) is 0 Å². The van der Waals surface area contributed by atoms with E-state index < -0.39 is 6.10 Å². The summed E-state index contributed by atoms with van der Waals surface area (Å²) in [5, 5.41) is 14.8. The summed E-state index contributed by atoms with van der Waals surface area (Å²) in [6.07, 6.45) is -0.514. The fourth-order valence-corrected chi connectivity index (χ4v) is 4.10. The molecule has 2 aromatic carbocycles. The fourth-order valence-electron chi connectivity index (χ4n) is 2.88. The SMILES string of the molecule is OC(CN1CCNCC1)c1cc(Cl)ccc1SCc1ccccc1. The largest absolute Gasteiger partial charge is 0.387 e. The van der Waals surface area contributed by atoms with Crippen molar-refractivity contribution in [3.05, 3.63) is 64.7 Å². The first-order valence-electron chi connectivity index (χ1n) is 8.29. The van der Waals surface area contributed by atoms with Crippen LogP contribution in [0, 0.1) is 0 Å². The lowest BCUT2D eigenvalue weighted by Crippen LogP contribution is -2.45. The lowest BCUT2D eigenvalue weighted by Gasteiger charge is -2.29. The van der Waals surface area contributed by atoms with Gasteiger partial charge in [-0.25, -0.2) is 0 Å². The molecule has 1 fully saturated rings. The van der Waals surface area contributed by atoms with Gasteiger partial charge in [0.05, 0.1) is 6.10 Å². The standard InChI is InChI=1S/C19H23ClN2OS/c20-16-6-7-19(24-14-15-4-2-1-3-5-15)17(12-16)18(23)13-22-10-8-21-9-11-22/h1-7,12,18,21,23H,8-11,13-14H2. The van der Waals surface area contributed by atoms with Crippen molar-refractivity contribution >= 4 is 23.4 Å². The third-order valence-electron chi connectivity index (χ3n) is 4.21. The van der Waals surface area contributed by atoms with E-state index in [0.29, 0.717) is 11.6 Å². The zero-order valence-electron chi connectivity index (χ0n) is 13.6. The number of nitrogens with one attached hydrogen (secondary N) is 1. The van der Waals surface area contributed by atoms with E-state index in [1.807, 2.05) is 24.3 Å². The minimum absolute atomic E-state index is 0.514. The van der Waals surface area contributed by atoms with E-state index in [1.165, 1.54) is 5.56 Å². The normalized spacial score (nSPS) is 16.9. The molecule has 1 atom stereocenters. The number of β-amino-alcohol motifs (C(OH)–C–C–N with tert-alkyl or cyclic N) is 1. The molecule has 3 rings (SSSR count). The Kier molecular flexibility index (Phi) is 6.58. The quantitative estimate of drug-likeness (QED) is 0.770. The first-order valence-corrected chi connectivity index (χ1v) is 9.66. The zero-order valence-corrected chi connectivity index (χ0v) is 15.2. The van der Waals surface area contributed by atoms with Crippen LogP contribution in [0.3, 0.4) is 0 Å². The van der Waals surface area contributed by atoms with Crippen LogP contribution >= 0.6 is 23.4 Å². The van der Waals surface area contributed by atoms with Gasteiger partial charge in [0, 0.05) is 48.4 Å². The van der Waals surface area contributed by atoms with Crippen LogP contribution in [0.2, 0.25) is 5.02 Å². The van der Waals surface area contributed by atoms with E-state index in [2.05, 4.69) is 34.5 Å². The van der Waals surface area contributed by atoms with Crippen LogP contribution in [0.1, 0.15) is 17.2 Å². The van der Waals surface area contributed by atoms with Crippen molar-refractivity contribution in [2.45, 2.75) is 16.8 Å². The van der Waals surface area contributed by atoms with Crippen molar-refractivity contribution in [1.29, 1.82) is 0 Å². The van der Waals surface area contributed by atoms with Crippen LogP contribution in [0.25, 0.3) is 0 Å². The Balaban J connectivity index is 1.69. The van der Waals surface area contributed by atoms with Gasteiger partial charge in [-0.2, -0.15) is 0 Å². The summed E-state index contributed by atoms with van der Waals surface area (Å²) in [6.45, 7) is 4.57. The van der Waals surface area contributed by atoms with Gasteiger partial charge in [0.1, 0.15) is 0 Å². The molecule has 1 aliphatic heterocycles. The molecule has 24 heavy (non-hydrogen) atoms. The Labute approximate surface area is 153 Å². The summed E-state index contributed by atoms with van der Waals surface area (Å²) in [7, 11) is 0. The smallest absolute Gasteiger partial charge is 0.0928 e. The molecular formula is C19H23ClN2OS. The summed E-state index contributed by atoms with van der Waals surface area (Å²) >= 11 is 7.93. The molecule has 2 N–H and O–H groups in total. The molecule has 1 heterocycles. The molecule has 1 saturated heterocycles.